The number of oxime groups is 1. The molecule has 1 aliphatic rings. The number of ether oxygens (including phenoxy) is 1. The summed E-state index contributed by atoms with van der Waals surface area (Å²) in [5.41, 5.74) is -0.273. The third-order valence-corrected chi connectivity index (χ3v) is 6.56. The van der Waals surface area contributed by atoms with Crippen LogP contribution in [0.15, 0.2) is 40.9 Å². The van der Waals surface area contributed by atoms with Crippen LogP contribution in [0.3, 0.4) is 0 Å². The Balaban J connectivity index is 0.00000361. The van der Waals surface area contributed by atoms with E-state index in [1.54, 1.807) is 18.2 Å². The minimum Gasteiger partial charge on any atom is -1.00 e. The van der Waals surface area contributed by atoms with E-state index in [1.165, 1.54) is 17.5 Å². The number of alkyl halides is 1. The molecule has 2 heterocycles. The Hall–Kier alpha value is -2.60. The van der Waals surface area contributed by atoms with E-state index in [9.17, 15) is 32.1 Å². The minimum absolute atomic E-state index is 0. The number of hydrogen-bond acceptors (Lipinski definition) is 11. The fourth-order valence-corrected chi connectivity index (χ4v) is 4.69. The number of halogens is 1. The predicted octanol–water partition coefficient (Wildman–Crippen LogP) is -2.86. The van der Waals surface area contributed by atoms with Gasteiger partial charge in [0.05, 0.1) is 5.56 Å². The average molecular weight is 584 g/mol. The molecule has 1 saturated heterocycles. The molecular weight excluding hydrogens is 565 g/mol. The Kier molecular flexibility index (Phi) is 11.0. The fraction of sp³-hybridized carbons (Fsp3) is 0.263. The number of aromatic nitrogens is 1. The Morgan fingerprint density at radius 2 is 1.97 bits per heavy atom. The summed E-state index contributed by atoms with van der Waals surface area (Å²) in [5, 5.41) is 9.73. The number of amides is 3. The van der Waals surface area contributed by atoms with Crippen molar-refractivity contribution in [1.29, 1.82) is 0 Å². The third-order valence-electron chi connectivity index (χ3n) is 4.61. The Morgan fingerprint density at radius 3 is 2.57 bits per heavy atom. The van der Waals surface area contributed by atoms with Crippen molar-refractivity contribution >= 4 is 67.8 Å². The van der Waals surface area contributed by atoms with Crippen LogP contribution in [0.25, 0.3) is 0 Å². The van der Waals surface area contributed by atoms with Crippen molar-refractivity contribution in [2.45, 2.75) is 12.1 Å². The van der Waals surface area contributed by atoms with Gasteiger partial charge in [-0.05, 0) is 12.1 Å². The van der Waals surface area contributed by atoms with Gasteiger partial charge in [0.25, 0.3) is 11.8 Å². The number of nitrogens with one attached hydrogen (secondary N) is 2. The summed E-state index contributed by atoms with van der Waals surface area (Å²) in [5.74, 6) is -3.84. The third kappa shape index (κ3) is 7.47. The molecule has 0 radical (unpaired) electrons. The number of thiazole rings is 1. The van der Waals surface area contributed by atoms with Gasteiger partial charge in [0.2, 0.25) is 5.91 Å². The van der Waals surface area contributed by atoms with E-state index in [2.05, 4.69) is 25.6 Å². The van der Waals surface area contributed by atoms with Crippen LogP contribution in [0.4, 0.5) is 5.13 Å². The van der Waals surface area contributed by atoms with Gasteiger partial charge >= 0.3 is 45.8 Å². The van der Waals surface area contributed by atoms with Crippen molar-refractivity contribution < 1.29 is 72.7 Å². The van der Waals surface area contributed by atoms with Gasteiger partial charge in [-0.2, -0.15) is 8.42 Å². The predicted molar refractivity (Wildman–Crippen MR) is 127 cm³/mol. The molecule has 0 aliphatic carbocycles. The molecule has 37 heavy (non-hydrogen) atoms. The van der Waals surface area contributed by atoms with Gasteiger partial charge in [-0.1, -0.05) is 23.4 Å². The molecule has 1 fully saturated rings. The van der Waals surface area contributed by atoms with Gasteiger partial charge in [0.1, 0.15) is 37.4 Å². The molecule has 0 saturated carbocycles. The first kappa shape index (κ1) is 30.6. The molecule has 2 atom stereocenters. The summed E-state index contributed by atoms with van der Waals surface area (Å²) in [7, 11) is -3.87. The molecule has 14 nitrogen and oxygen atoms in total. The van der Waals surface area contributed by atoms with Crippen molar-refractivity contribution in [2.24, 2.45) is 5.16 Å². The van der Waals surface area contributed by atoms with E-state index in [4.69, 9.17) is 16.3 Å². The maximum Gasteiger partial charge on any atom is 1.00 e. The van der Waals surface area contributed by atoms with Crippen LogP contribution in [0.1, 0.15) is 17.5 Å². The number of hydrogen-bond donors (Lipinski definition) is 3. The Morgan fingerprint density at radius 1 is 1.30 bits per heavy atom. The van der Waals surface area contributed by atoms with Gasteiger partial charge < -0.3 is 21.6 Å². The van der Waals surface area contributed by atoms with Crippen LogP contribution in [-0.4, -0.2) is 83.3 Å². The van der Waals surface area contributed by atoms with Crippen LogP contribution in [0.2, 0.25) is 0 Å². The molecule has 1 aromatic heterocycles. The van der Waals surface area contributed by atoms with Crippen molar-refractivity contribution in [2.75, 3.05) is 24.9 Å². The standard InChI is InChI=1S/C19H18ClN5O9S2.Na.H/c1-33-24-14(11-9-35-19(21-11)22-13(26)7-20)16(27)23-15-12(25(17(15)28)36(30,31)32)8-34-18(29)10-5-3-2-4-6-10;;/h2-6,9,12,15H,7-8H2,1H3,(H,23,27)(H,21,22,26)(H,30,31,32);;/q;+1;-1/b24-14-;;. The van der Waals surface area contributed by atoms with Crippen LogP contribution in [0, 0.1) is 0 Å². The molecule has 2 unspecified atom stereocenters. The second-order valence-electron chi connectivity index (χ2n) is 6.94. The first-order valence-corrected chi connectivity index (χ1v) is 12.6. The molecule has 3 amide bonds. The summed E-state index contributed by atoms with van der Waals surface area (Å²) in [4.78, 5) is 57.7. The van der Waals surface area contributed by atoms with E-state index >= 15 is 0 Å². The van der Waals surface area contributed by atoms with E-state index in [0.717, 1.165) is 18.4 Å². The molecular formula is C19H19ClN5NaO9S2. The van der Waals surface area contributed by atoms with Crippen LogP contribution in [-0.2, 0) is 34.3 Å². The van der Waals surface area contributed by atoms with Crippen molar-refractivity contribution in [3.05, 3.63) is 47.0 Å². The number of rotatable bonds is 10. The molecule has 2 aromatic rings. The molecule has 194 valence electrons. The molecule has 1 aromatic carbocycles. The zero-order chi connectivity index (χ0) is 26.5. The van der Waals surface area contributed by atoms with Crippen LogP contribution >= 0.6 is 22.9 Å². The number of anilines is 1. The number of carbonyl (C=O) groups excluding carboxylic acids is 4. The van der Waals surface area contributed by atoms with E-state index < -0.39 is 58.4 Å². The monoisotopic (exact) mass is 583 g/mol. The first-order valence-electron chi connectivity index (χ1n) is 9.83. The van der Waals surface area contributed by atoms with Gasteiger partial charge in [-0.25, -0.2) is 14.1 Å². The molecule has 0 bridgehead atoms. The number of β-lactam (4-membered cyclic amide) rings is 1. The SMILES string of the molecule is CO/N=C(\C(=O)NC1C(=O)N(S(=O)(=O)O)C1COC(=O)c1ccccc1)c1csc(NC(=O)CCl)n1.[H-].[Na+]. The first-order chi connectivity index (χ1) is 17.1. The largest absolute Gasteiger partial charge is 1.00 e. The molecule has 18 heteroatoms. The minimum atomic E-state index is -5.01. The summed E-state index contributed by atoms with van der Waals surface area (Å²) in [6.45, 7) is -0.660. The van der Waals surface area contributed by atoms with Crippen molar-refractivity contribution in [3.63, 3.8) is 0 Å². The summed E-state index contributed by atoms with van der Waals surface area (Å²) in [6.07, 6.45) is 0. The topological polar surface area (TPSA) is 194 Å². The fourth-order valence-electron chi connectivity index (χ4n) is 3.04. The van der Waals surface area contributed by atoms with Crippen LogP contribution < -0.4 is 40.2 Å². The summed E-state index contributed by atoms with van der Waals surface area (Å²) >= 11 is 6.39. The smallest absolute Gasteiger partial charge is 1.00 e. The second kappa shape index (κ2) is 13.3. The van der Waals surface area contributed by atoms with E-state index in [0.29, 0.717) is 0 Å². The summed E-state index contributed by atoms with van der Waals surface area (Å²) in [6, 6.07) is 4.81. The molecule has 3 N–H and O–H groups in total. The van der Waals surface area contributed by atoms with Gasteiger partial charge in [0.15, 0.2) is 10.8 Å². The quantitative estimate of drug-likeness (QED) is 0.0498. The Bertz CT molecular complexity index is 1310. The van der Waals surface area contributed by atoms with Crippen molar-refractivity contribution in [3.8, 4) is 0 Å². The number of esters is 1. The molecule has 0 spiro atoms. The number of carbonyl (C=O) groups is 4. The van der Waals surface area contributed by atoms with Gasteiger partial charge in [-0.3, -0.25) is 18.9 Å². The number of nitrogens with zero attached hydrogens (tertiary/aromatic N) is 3. The van der Waals surface area contributed by atoms with Crippen LogP contribution in [0.5, 0.6) is 0 Å². The normalized spacial score (nSPS) is 17.2. The van der Waals surface area contributed by atoms with E-state index in [-0.39, 0.29) is 57.6 Å². The average Bonchev–Trinajstić information content (AvgIpc) is 3.30. The molecule has 1 aliphatic heterocycles. The van der Waals surface area contributed by atoms with Gasteiger partial charge in [0, 0.05) is 5.38 Å². The zero-order valence-corrected chi connectivity index (χ0v) is 23.7. The van der Waals surface area contributed by atoms with Gasteiger partial charge in [-0.15, -0.1) is 22.9 Å². The number of benzene rings is 1. The maximum atomic E-state index is 12.9. The van der Waals surface area contributed by atoms with Crippen molar-refractivity contribution in [1.82, 2.24) is 14.6 Å². The molecule has 3 rings (SSSR count). The van der Waals surface area contributed by atoms with E-state index in [1.807, 2.05) is 0 Å². The summed E-state index contributed by atoms with van der Waals surface area (Å²) < 4.78 is 37.9. The Labute approximate surface area is 243 Å². The maximum absolute atomic E-state index is 12.9. The zero-order valence-electron chi connectivity index (χ0n) is 20.3. The second-order valence-corrected chi connectivity index (χ2v) is 9.35.